The summed E-state index contributed by atoms with van der Waals surface area (Å²) in [5, 5.41) is 0. The first-order valence-corrected chi connectivity index (χ1v) is 12.6. The third kappa shape index (κ3) is 4.52. The fourth-order valence-corrected chi connectivity index (χ4v) is 7.07. The molecule has 1 aromatic rings. The van der Waals surface area contributed by atoms with Crippen molar-refractivity contribution in [2.75, 3.05) is 0 Å². The van der Waals surface area contributed by atoms with Crippen LogP contribution in [0.5, 0.6) is 0 Å². The minimum absolute atomic E-state index is 0.829. The Morgan fingerprint density at radius 2 is 0.893 bits per heavy atom. The molecule has 0 aromatic heterocycles. The maximum Gasteiger partial charge on any atom is -0.0162 e. The molecule has 1 aromatic carbocycles. The molecular weight excluding hydrogens is 336 g/mol. The molecule has 0 nitrogen and oxygen atoms in total. The van der Waals surface area contributed by atoms with E-state index in [1.165, 1.54) is 68.1 Å². The molecule has 0 bridgehead atoms. The van der Waals surface area contributed by atoms with Crippen LogP contribution in [0.1, 0.15) is 112 Å². The van der Waals surface area contributed by atoms with Gasteiger partial charge >= 0.3 is 0 Å². The Balaban J connectivity index is 1.26. The van der Waals surface area contributed by atoms with Gasteiger partial charge in [-0.1, -0.05) is 31.9 Å². The van der Waals surface area contributed by atoms with Gasteiger partial charge in [0.05, 0.1) is 0 Å². The molecule has 0 spiro atoms. The zero-order valence-corrected chi connectivity index (χ0v) is 19.1. The second-order valence-electron chi connectivity index (χ2n) is 11.1. The molecule has 0 unspecified atom stereocenters. The highest BCUT2D eigenvalue weighted by molar-refractivity contribution is 5.38. The lowest BCUT2D eigenvalue weighted by atomic mass is 9.65. The van der Waals surface area contributed by atoms with Crippen LogP contribution < -0.4 is 0 Å². The number of benzene rings is 1. The average Bonchev–Trinajstić information content (AvgIpc) is 2.72. The molecule has 0 atom stereocenters. The SMILES string of the molecule is Cc1cc(C2CCC(C3CCC(C4CCC(C)CC4)CC3)CC2)cc(C)c1C. The van der Waals surface area contributed by atoms with Crippen LogP contribution in [-0.2, 0) is 0 Å². The Morgan fingerprint density at radius 1 is 0.536 bits per heavy atom. The molecule has 0 heterocycles. The van der Waals surface area contributed by atoms with E-state index in [4.69, 9.17) is 0 Å². The lowest BCUT2D eigenvalue weighted by Gasteiger charge is -2.41. The van der Waals surface area contributed by atoms with Crippen LogP contribution in [0.2, 0.25) is 0 Å². The van der Waals surface area contributed by atoms with E-state index in [0.29, 0.717) is 0 Å². The Kier molecular flexibility index (Phi) is 6.53. The van der Waals surface area contributed by atoms with Crippen molar-refractivity contribution in [2.24, 2.45) is 29.6 Å². The van der Waals surface area contributed by atoms with Crippen molar-refractivity contribution < 1.29 is 0 Å². The van der Waals surface area contributed by atoms with Crippen LogP contribution in [0.25, 0.3) is 0 Å². The van der Waals surface area contributed by atoms with E-state index in [9.17, 15) is 0 Å². The molecule has 3 fully saturated rings. The molecule has 0 radical (unpaired) electrons. The Labute approximate surface area is 174 Å². The number of rotatable bonds is 3. The Bertz CT molecular complexity index is 609. The van der Waals surface area contributed by atoms with Gasteiger partial charge in [0.15, 0.2) is 0 Å². The van der Waals surface area contributed by atoms with Crippen LogP contribution in [-0.4, -0.2) is 0 Å². The van der Waals surface area contributed by atoms with Crippen molar-refractivity contribution in [2.45, 2.75) is 111 Å². The van der Waals surface area contributed by atoms with Gasteiger partial charge in [-0.05, 0) is 143 Å². The first kappa shape index (κ1) is 20.5. The van der Waals surface area contributed by atoms with E-state index in [1.54, 1.807) is 31.2 Å². The predicted molar refractivity (Wildman–Crippen MR) is 122 cm³/mol. The van der Waals surface area contributed by atoms with Crippen LogP contribution in [0.3, 0.4) is 0 Å². The first-order chi connectivity index (χ1) is 13.5. The summed E-state index contributed by atoms with van der Waals surface area (Å²) in [7, 11) is 0. The van der Waals surface area contributed by atoms with Gasteiger partial charge in [0.2, 0.25) is 0 Å². The largest absolute Gasteiger partial charge is 0.0625 e. The molecule has 3 aliphatic carbocycles. The van der Waals surface area contributed by atoms with Gasteiger partial charge in [-0.25, -0.2) is 0 Å². The normalized spacial score (nSPS) is 37.0. The predicted octanol–water partition coefficient (Wildman–Crippen LogP) is 8.52. The number of aryl methyl sites for hydroxylation is 2. The third-order valence-corrected chi connectivity index (χ3v) is 9.40. The van der Waals surface area contributed by atoms with Gasteiger partial charge < -0.3 is 0 Å². The molecule has 3 saturated carbocycles. The van der Waals surface area contributed by atoms with Gasteiger partial charge in [0.1, 0.15) is 0 Å². The summed E-state index contributed by atoms with van der Waals surface area (Å²) in [6.07, 6.45) is 18.2. The van der Waals surface area contributed by atoms with Gasteiger partial charge in [-0.15, -0.1) is 0 Å². The van der Waals surface area contributed by atoms with Crippen molar-refractivity contribution >= 4 is 0 Å². The zero-order chi connectivity index (χ0) is 19.7. The first-order valence-electron chi connectivity index (χ1n) is 12.6. The Morgan fingerprint density at radius 3 is 1.32 bits per heavy atom. The second kappa shape index (κ2) is 8.93. The molecule has 0 amide bonds. The number of hydrogen-bond acceptors (Lipinski definition) is 0. The van der Waals surface area contributed by atoms with Crippen molar-refractivity contribution in [3.05, 3.63) is 34.4 Å². The van der Waals surface area contributed by atoms with Crippen molar-refractivity contribution in [1.29, 1.82) is 0 Å². The summed E-state index contributed by atoms with van der Waals surface area (Å²) in [6.45, 7) is 9.32. The fourth-order valence-electron chi connectivity index (χ4n) is 7.07. The quantitative estimate of drug-likeness (QED) is 0.493. The molecule has 0 aliphatic heterocycles. The monoisotopic (exact) mass is 380 g/mol. The van der Waals surface area contributed by atoms with Gasteiger partial charge in [0, 0.05) is 0 Å². The summed E-state index contributed by atoms with van der Waals surface area (Å²) in [4.78, 5) is 0. The highest BCUT2D eigenvalue weighted by Gasteiger charge is 2.34. The van der Waals surface area contributed by atoms with E-state index < -0.39 is 0 Å². The van der Waals surface area contributed by atoms with Crippen LogP contribution in [0.4, 0.5) is 0 Å². The summed E-state index contributed by atoms with van der Waals surface area (Å²) in [6, 6.07) is 4.98. The van der Waals surface area contributed by atoms with E-state index in [-0.39, 0.29) is 0 Å². The molecule has 3 aliphatic rings. The topological polar surface area (TPSA) is 0 Å². The summed E-state index contributed by atoms with van der Waals surface area (Å²) >= 11 is 0. The summed E-state index contributed by atoms with van der Waals surface area (Å²) in [5.74, 6) is 6.09. The van der Waals surface area contributed by atoms with Gasteiger partial charge in [-0.2, -0.15) is 0 Å². The minimum Gasteiger partial charge on any atom is -0.0625 e. The van der Waals surface area contributed by atoms with Crippen LogP contribution >= 0.6 is 0 Å². The van der Waals surface area contributed by atoms with Crippen molar-refractivity contribution in [3.8, 4) is 0 Å². The molecule has 28 heavy (non-hydrogen) atoms. The maximum absolute atomic E-state index is 2.49. The average molecular weight is 381 g/mol. The van der Waals surface area contributed by atoms with Crippen molar-refractivity contribution in [1.82, 2.24) is 0 Å². The van der Waals surface area contributed by atoms with E-state index >= 15 is 0 Å². The van der Waals surface area contributed by atoms with Crippen LogP contribution in [0, 0.1) is 50.4 Å². The summed E-state index contributed by atoms with van der Waals surface area (Å²) < 4.78 is 0. The lowest BCUT2D eigenvalue weighted by Crippen LogP contribution is -2.29. The maximum atomic E-state index is 2.49. The third-order valence-electron chi connectivity index (χ3n) is 9.40. The van der Waals surface area contributed by atoms with E-state index in [2.05, 4.69) is 39.8 Å². The minimum atomic E-state index is 0.829. The van der Waals surface area contributed by atoms with Gasteiger partial charge in [0.25, 0.3) is 0 Å². The van der Waals surface area contributed by atoms with E-state index in [1.807, 2.05) is 0 Å². The molecule has 0 N–H and O–H groups in total. The standard InChI is InChI=1S/C28H44/c1-19-5-7-23(8-6-19)24-9-11-25(12-10-24)26-13-15-27(16-14-26)28-17-20(2)22(4)21(3)18-28/h17-19,23-27H,5-16H2,1-4H3. The molecule has 0 heteroatoms. The molecular formula is C28H44. The molecule has 156 valence electrons. The van der Waals surface area contributed by atoms with Crippen LogP contribution in [0.15, 0.2) is 12.1 Å². The van der Waals surface area contributed by atoms with Gasteiger partial charge in [-0.3, -0.25) is 0 Å². The second-order valence-corrected chi connectivity index (χ2v) is 11.1. The highest BCUT2D eigenvalue weighted by atomic mass is 14.4. The lowest BCUT2D eigenvalue weighted by molar-refractivity contribution is 0.112. The fraction of sp³-hybridized carbons (Fsp3) is 0.786. The summed E-state index contributed by atoms with van der Waals surface area (Å²) in [5.41, 5.74) is 6.11. The number of hydrogen-bond donors (Lipinski definition) is 0. The van der Waals surface area contributed by atoms with E-state index in [0.717, 1.165) is 35.5 Å². The molecule has 4 rings (SSSR count). The Hall–Kier alpha value is -0.780. The zero-order valence-electron chi connectivity index (χ0n) is 19.1. The van der Waals surface area contributed by atoms with Crippen molar-refractivity contribution in [3.63, 3.8) is 0 Å². The highest BCUT2D eigenvalue weighted by Crippen LogP contribution is 2.47. The molecule has 0 saturated heterocycles. The smallest absolute Gasteiger partial charge is 0.0162 e.